The average molecular weight is 256 g/mol. The van der Waals surface area contributed by atoms with Crippen LogP contribution in [0.15, 0.2) is 17.1 Å². The topological polar surface area (TPSA) is 44.7 Å². The van der Waals surface area contributed by atoms with Crippen molar-refractivity contribution in [1.82, 2.24) is 4.90 Å². The number of carbonyl (C=O) groups excluding carboxylic acids is 1. The number of urea groups is 1. The fourth-order valence-corrected chi connectivity index (χ4v) is 2.47. The molecule has 4 nitrogen and oxygen atoms in total. The Morgan fingerprint density at radius 2 is 2.19 bits per heavy atom. The molecule has 1 aromatic carbocycles. The summed E-state index contributed by atoms with van der Waals surface area (Å²) in [5.74, 6) is 0.656. The van der Waals surface area contributed by atoms with E-state index in [4.69, 9.17) is 23.2 Å². The van der Waals surface area contributed by atoms with Crippen molar-refractivity contribution in [1.29, 1.82) is 0 Å². The molecule has 6 heteroatoms. The Morgan fingerprint density at radius 3 is 3.00 bits per heavy atom. The van der Waals surface area contributed by atoms with Crippen molar-refractivity contribution in [3.63, 3.8) is 0 Å². The van der Waals surface area contributed by atoms with E-state index in [-0.39, 0.29) is 6.03 Å². The molecular formula is C10H7Cl2N3O. The largest absolute Gasteiger partial charge is 0.327 e. The number of anilines is 1. The van der Waals surface area contributed by atoms with Gasteiger partial charge in [0.2, 0.25) is 0 Å². The maximum atomic E-state index is 11.7. The van der Waals surface area contributed by atoms with Crippen molar-refractivity contribution in [3.8, 4) is 0 Å². The van der Waals surface area contributed by atoms with Crippen LogP contribution in [0.1, 0.15) is 5.56 Å². The highest BCUT2D eigenvalue weighted by atomic mass is 35.5. The number of nitrogens with one attached hydrogen (secondary N) is 1. The van der Waals surface area contributed by atoms with Gasteiger partial charge in [0.15, 0.2) is 0 Å². The Hall–Kier alpha value is -1.26. The Kier molecular flexibility index (Phi) is 2.09. The predicted molar refractivity (Wildman–Crippen MR) is 63.6 cm³/mol. The Balaban J connectivity index is 2.25. The van der Waals surface area contributed by atoms with Crippen LogP contribution in [0.25, 0.3) is 0 Å². The smallest absolute Gasteiger partial charge is 0.305 e. The van der Waals surface area contributed by atoms with E-state index < -0.39 is 0 Å². The van der Waals surface area contributed by atoms with Crippen molar-refractivity contribution in [2.24, 2.45) is 4.99 Å². The van der Waals surface area contributed by atoms with Gasteiger partial charge in [-0.25, -0.2) is 4.79 Å². The van der Waals surface area contributed by atoms with E-state index in [0.29, 0.717) is 34.7 Å². The quantitative estimate of drug-likeness (QED) is 0.761. The van der Waals surface area contributed by atoms with Crippen LogP contribution in [-0.4, -0.2) is 29.9 Å². The lowest BCUT2D eigenvalue weighted by atomic mass is 10.1. The van der Waals surface area contributed by atoms with Crippen LogP contribution in [0, 0.1) is 0 Å². The fraction of sp³-hybridized carbons (Fsp3) is 0.200. The van der Waals surface area contributed by atoms with Gasteiger partial charge in [0, 0.05) is 17.1 Å². The molecule has 82 valence electrons. The van der Waals surface area contributed by atoms with E-state index in [1.165, 1.54) is 0 Å². The molecule has 1 aromatic rings. The molecular weight excluding hydrogens is 249 g/mol. The summed E-state index contributed by atoms with van der Waals surface area (Å²) in [7, 11) is 0. The summed E-state index contributed by atoms with van der Waals surface area (Å²) in [6, 6.07) is 3.18. The highest BCUT2D eigenvalue weighted by Crippen LogP contribution is 2.35. The molecule has 0 aromatic heterocycles. The molecule has 3 rings (SSSR count). The molecule has 0 fully saturated rings. The standard InChI is InChI=1S/C10H7Cl2N3O/c11-5-3-6-8(7(12)4-5)14-10(16)15-2-1-13-9(6)15/h3-4H,1-2H2,(H,14,16). The zero-order valence-electron chi connectivity index (χ0n) is 8.13. The Labute approximate surface area is 102 Å². The van der Waals surface area contributed by atoms with Crippen LogP contribution in [0.4, 0.5) is 10.5 Å². The summed E-state index contributed by atoms with van der Waals surface area (Å²) in [6.45, 7) is 1.22. The van der Waals surface area contributed by atoms with Gasteiger partial charge in [0.05, 0.1) is 17.3 Å². The third kappa shape index (κ3) is 1.30. The number of hydrogen-bond acceptors (Lipinski definition) is 2. The number of amidine groups is 1. The van der Waals surface area contributed by atoms with Crippen LogP contribution in [-0.2, 0) is 0 Å². The molecule has 2 heterocycles. The summed E-state index contributed by atoms with van der Waals surface area (Å²) in [4.78, 5) is 17.6. The molecule has 2 aliphatic rings. The molecule has 0 saturated carbocycles. The lowest BCUT2D eigenvalue weighted by Crippen LogP contribution is -2.42. The minimum Gasteiger partial charge on any atom is -0.305 e. The summed E-state index contributed by atoms with van der Waals surface area (Å²) in [6.07, 6.45) is 0. The van der Waals surface area contributed by atoms with Gasteiger partial charge in [-0.3, -0.25) is 9.89 Å². The molecule has 0 unspecified atom stereocenters. The van der Waals surface area contributed by atoms with E-state index in [1.54, 1.807) is 17.0 Å². The van der Waals surface area contributed by atoms with Crippen LogP contribution in [0.3, 0.4) is 0 Å². The van der Waals surface area contributed by atoms with Crippen LogP contribution in [0.5, 0.6) is 0 Å². The fourth-order valence-electron chi connectivity index (χ4n) is 1.93. The second-order valence-electron chi connectivity index (χ2n) is 3.60. The summed E-state index contributed by atoms with van der Waals surface area (Å²) in [5, 5.41) is 3.71. The molecule has 0 bridgehead atoms. The Bertz CT molecular complexity index is 527. The predicted octanol–water partition coefficient (Wildman–Crippen LogP) is 2.60. The van der Waals surface area contributed by atoms with Gasteiger partial charge in [-0.15, -0.1) is 0 Å². The van der Waals surface area contributed by atoms with E-state index in [0.717, 1.165) is 5.56 Å². The number of fused-ring (bicyclic) bond motifs is 3. The number of amides is 2. The maximum Gasteiger partial charge on any atom is 0.327 e. The third-order valence-electron chi connectivity index (χ3n) is 2.61. The maximum absolute atomic E-state index is 11.7. The molecule has 0 saturated heterocycles. The SMILES string of the molecule is O=C1Nc2c(Cl)cc(Cl)cc2C2=NCCN12. The molecule has 0 spiro atoms. The normalized spacial score (nSPS) is 17.8. The van der Waals surface area contributed by atoms with Gasteiger partial charge in [-0.05, 0) is 12.1 Å². The molecule has 0 radical (unpaired) electrons. The second-order valence-corrected chi connectivity index (χ2v) is 4.44. The van der Waals surface area contributed by atoms with Crippen molar-refractivity contribution < 1.29 is 4.79 Å². The highest BCUT2D eigenvalue weighted by Gasteiger charge is 2.32. The Morgan fingerprint density at radius 1 is 1.38 bits per heavy atom. The number of nitrogens with zero attached hydrogens (tertiary/aromatic N) is 2. The van der Waals surface area contributed by atoms with Crippen LogP contribution < -0.4 is 5.32 Å². The van der Waals surface area contributed by atoms with Crippen molar-refractivity contribution in [2.75, 3.05) is 18.4 Å². The first-order chi connectivity index (χ1) is 7.66. The first-order valence-corrected chi connectivity index (χ1v) is 5.55. The first-order valence-electron chi connectivity index (χ1n) is 4.79. The van der Waals surface area contributed by atoms with Gasteiger partial charge in [-0.1, -0.05) is 23.2 Å². The summed E-state index contributed by atoms with van der Waals surface area (Å²) < 4.78 is 0. The number of halogens is 2. The molecule has 1 N–H and O–H groups in total. The number of carbonyl (C=O) groups is 1. The number of aliphatic imine (C=N–C) groups is 1. The minimum atomic E-state index is -0.187. The van der Waals surface area contributed by atoms with Crippen molar-refractivity contribution in [3.05, 3.63) is 27.7 Å². The van der Waals surface area contributed by atoms with Gasteiger partial charge in [0.1, 0.15) is 5.84 Å². The number of hydrogen-bond donors (Lipinski definition) is 1. The third-order valence-corrected chi connectivity index (χ3v) is 3.13. The molecule has 0 atom stereocenters. The zero-order chi connectivity index (χ0) is 11.3. The van der Waals surface area contributed by atoms with Crippen molar-refractivity contribution in [2.45, 2.75) is 0 Å². The van der Waals surface area contributed by atoms with E-state index in [9.17, 15) is 4.79 Å². The van der Waals surface area contributed by atoms with Gasteiger partial charge >= 0.3 is 6.03 Å². The monoisotopic (exact) mass is 255 g/mol. The zero-order valence-corrected chi connectivity index (χ0v) is 9.64. The lowest BCUT2D eigenvalue weighted by molar-refractivity contribution is 0.235. The highest BCUT2D eigenvalue weighted by molar-refractivity contribution is 6.39. The molecule has 2 amide bonds. The lowest BCUT2D eigenvalue weighted by Gasteiger charge is -2.27. The minimum absolute atomic E-state index is 0.187. The molecule has 2 aliphatic heterocycles. The molecule has 0 aliphatic carbocycles. The molecule has 16 heavy (non-hydrogen) atoms. The van der Waals surface area contributed by atoms with E-state index >= 15 is 0 Å². The van der Waals surface area contributed by atoms with E-state index in [1.807, 2.05) is 0 Å². The van der Waals surface area contributed by atoms with Gasteiger partial charge in [0.25, 0.3) is 0 Å². The van der Waals surface area contributed by atoms with Gasteiger partial charge in [-0.2, -0.15) is 0 Å². The first kappa shape index (κ1) is 9.93. The average Bonchev–Trinajstić information content (AvgIpc) is 2.69. The number of benzene rings is 1. The van der Waals surface area contributed by atoms with Crippen molar-refractivity contribution >= 4 is 40.8 Å². The van der Waals surface area contributed by atoms with Crippen LogP contribution >= 0.6 is 23.2 Å². The van der Waals surface area contributed by atoms with Gasteiger partial charge < -0.3 is 5.32 Å². The van der Waals surface area contributed by atoms with E-state index in [2.05, 4.69) is 10.3 Å². The number of rotatable bonds is 0. The summed E-state index contributed by atoms with van der Waals surface area (Å²) in [5.41, 5.74) is 1.38. The second kappa shape index (κ2) is 3.37. The van der Waals surface area contributed by atoms with Crippen LogP contribution in [0.2, 0.25) is 10.0 Å². The summed E-state index contributed by atoms with van der Waals surface area (Å²) >= 11 is 12.0.